The van der Waals surface area contributed by atoms with Crippen LogP contribution in [0.5, 0.6) is 5.75 Å². The highest BCUT2D eigenvalue weighted by atomic mass is 35.5. The SMILES string of the molecule is CCCn1c(=NC(=O)COc2ccc(Cl)cc2Cl)sc2cc(S(N)(=O)=O)ccc21. The number of aromatic nitrogens is 1. The predicted molar refractivity (Wildman–Crippen MR) is 114 cm³/mol. The smallest absolute Gasteiger partial charge is 0.286 e. The zero-order valence-corrected chi connectivity index (χ0v) is 18.4. The molecular weight excluding hydrogens is 457 g/mol. The van der Waals surface area contributed by atoms with Crippen molar-refractivity contribution in [3.05, 3.63) is 51.2 Å². The Kier molecular flexibility index (Phi) is 6.65. The van der Waals surface area contributed by atoms with Crippen LogP contribution in [0, 0.1) is 0 Å². The molecule has 2 aromatic carbocycles. The highest BCUT2D eigenvalue weighted by Gasteiger charge is 2.13. The van der Waals surface area contributed by atoms with E-state index in [4.69, 9.17) is 33.1 Å². The highest BCUT2D eigenvalue weighted by molar-refractivity contribution is 7.89. The van der Waals surface area contributed by atoms with Crippen LogP contribution in [0.4, 0.5) is 0 Å². The summed E-state index contributed by atoms with van der Waals surface area (Å²) in [6.07, 6.45) is 0.807. The number of primary sulfonamides is 1. The van der Waals surface area contributed by atoms with Gasteiger partial charge in [0.2, 0.25) is 10.0 Å². The maximum Gasteiger partial charge on any atom is 0.286 e. The maximum absolute atomic E-state index is 12.3. The molecule has 0 aliphatic rings. The quantitative estimate of drug-likeness (QED) is 0.590. The van der Waals surface area contributed by atoms with Crippen LogP contribution < -0.4 is 14.7 Å². The van der Waals surface area contributed by atoms with Crippen molar-refractivity contribution in [3.8, 4) is 5.75 Å². The van der Waals surface area contributed by atoms with Crippen LogP contribution in [0.3, 0.4) is 0 Å². The van der Waals surface area contributed by atoms with E-state index in [0.29, 0.717) is 31.8 Å². The van der Waals surface area contributed by atoms with E-state index < -0.39 is 15.9 Å². The number of nitrogens with zero attached hydrogens (tertiary/aromatic N) is 2. The largest absolute Gasteiger partial charge is 0.482 e. The summed E-state index contributed by atoms with van der Waals surface area (Å²) in [5, 5.41) is 5.96. The third-order valence-corrected chi connectivity index (χ3v) is 6.38. The zero-order chi connectivity index (χ0) is 21.2. The molecule has 3 aromatic rings. The number of carbonyl (C=O) groups is 1. The Morgan fingerprint density at radius 3 is 2.66 bits per heavy atom. The van der Waals surface area contributed by atoms with Gasteiger partial charge in [0.1, 0.15) is 5.75 Å². The van der Waals surface area contributed by atoms with Gasteiger partial charge in [0.15, 0.2) is 11.4 Å². The summed E-state index contributed by atoms with van der Waals surface area (Å²) in [4.78, 5) is 16.9. The molecule has 0 saturated carbocycles. The second-order valence-electron chi connectivity index (χ2n) is 6.08. The normalized spacial score (nSPS) is 12.5. The van der Waals surface area contributed by atoms with E-state index in [2.05, 4.69) is 4.99 Å². The van der Waals surface area contributed by atoms with Gasteiger partial charge in [-0.1, -0.05) is 41.5 Å². The number of amides is 1. The third-order valence-electron chi connectivity index (χ3n) is 3.90. The number of rotatable bonds is 6. The monoisotopic (exact) mass is 473 g/mol. The van der Waals surface area contributed by atoms with Crippen molar-refractivity contribution < 1.29 is 17.9 Å². The standard InChI is InChI=1S/C18H17Cl2N3O4S2/c1-2-7-23-14-5-4-12(29(21,25)26)9-16(14)28-18(23)22-17(24)10-27-15-6-3-11(19)8-13(15)20/h3-6,8-9H,2,7,10H2,1H3,(H2,21,25,26). The van der Waals surface area contributed by atoms with Crippen LogP contribution in [0.25, 0.3) is 10.2 Å². The molecule has 0 aliphatic carbocycles. The highest BCUT2D eigenvalue weighted by Crippen LogP contribution is 2.27. The van der Waals surface area contributed by atoms with Gasteiger partial charge < -0.3 is 9.30 Å². The maximum atomic E-state index is 12.3. The molecule has 7 nitrogen and oxygen atoms in total. The molecule has 0 spiro atoms. The van der Waals surface area contributed by atoms with Crippen LogP contribution in [-0.2, 0) is 21.4 Å². The molecule has 1 amide bonds. The zero-order valence-electron chi connectivity index (χ0n) is 15.3. The number of thiazole rings is 1. The lowest BCUT2D eigenvalue weighted by Crippen LogP contribution is -2.19. The lowest BCUT2D eigenvalue weighted by Gasteiger charge is -2.06. The second kappa shape index (κ2) is 8.85. The molecule has 3 rings (SSSR count). The van der Waals surface area contributed by atoms with Gasteiger partial charge in [-0.15, -0.1) is 0 Å². The van der Waals surface area contributed by atoms with Crippen molar-refractivity contribution in [2.45, 2.75) is 24.8 Å². The molecule has 154 valence electrons. The number of sulfonamides is 1. The minimum Gasteiger partial charge on any atom is -0.482 e. The van der Waals surface area contributed by atoms with Crippen molar-refractivity contribution in [1.82, 2.24) is 4.57 Å². The Morgan fingerprint density at radius 2 is 2.00 bits per heavy atom. The molecule has 1 heterocycles. The molecule has 0 saturated heterocycles. The first-order chi connectivity index (χ1) is 13.7. The molecule has 0 aliphatic heterocycles. The van der Waals surface area contributed by atoms with Gasteiger partial charge in [-0.05, 0) is 42.8 Å². The van der Waals surface area contributed by atoms with Gasteiger partial charge in [0.05, 0.1) is 20.1 Å². The van der Waals surface area contributed by atoms with Crippen molar-refractivity contribution in [2.75, 3.05) is 6.61 Å². The topological polar surface area (TPSA) is 104 Å². The molecular formula is C18H17Cl2N3O4S2. The fraction of sp³-hybridized carbons (Fsp3) is 0.222. The fourth-order valence-corrected chi connectivity index (χ4v) is 4.82. The average Bonchev–Trinajstić information content (AvgIpc) is 2.97. The number of benzene rings is 2. The van der Waals surface area contributed by atoms with E-state index in [0.717, 1.165) is 11.9 Å². The van der Waals surface area contributed by atoms with E-state index in [1.807, 2.05) is 11.5 Å². The van der Waals surface area contributed by atoms with E-state index in [1.165, 1.54) is 29.5 Å². The van der Waals surface area contributed by atoms with Crippen LogP contribution in [0.1, 0.15) is 13.3 Å². The number of ether oxygens (including phenoxy) is 1. The number of hydrogen-bond donors (Lipinski definition) is 1. The van der Waals surface area contributed by atoms with Crippen molar-refractivity contribution >= 4 is 60.7 Å². The Balaban J connectivity index is 1.92. The summed E-state index contributed by atoms with van der Waals surface area (Å²) in [5.41, 5.74) is 0.775. The number of halogens is 2. The Bertz CT molecular complexity index is 1250. The third kappa shape index (κ3) is 5.18. The van der Waals surface area contributed by atoms with Crippen molar-refractivity contribution in [3.63, 3.8) is 0 Å². The van der Waals surface area contributed by atoms with Gasteiger partial charge in [-0.25, -0.2) is 13.6 Å². The van der Waals surface area contributed by atoms with E-state index in [1.54, 1.807) is 18.2 Å². The van der Waals surface area contributed by atoms with Gasteiger partial charge in [0.25, 0.3) is 5.91 Å². The molecule has 0 unspecified atom stereocenters. The predicted octanol–water partition coefficient (Wildman–Crippen LogP) is 3.57. The Morgan fingerprint density at radius 1 is 1.24 bits per heavy atom. The lowest BCUT2D eigenvalue weighted by atomic mass is 10.3. The number of aryl methyl sites for hydroxylation is 1. The Hall–Kier alpha value is -1.91. The Labute approximate surface area is 181 Å². The molecule has 0 radical (unpaired) electrons. The first-order valence-electron chi connectivity index (χ1n) is 8.50. The summed E-state index contributed by atoms with van der Waals surface area (Å²) in [6, 6.07) is 9.28. The van der Waals surface area contributed by atoms with Gasteiger partial charge in [-0.2, -0.15) is 4.99 Å². The van der Waals surface area contributed by atoms with Crippen LogP contribution in [-0.4, -0.2) is 25.5 Å². The summed E-state index contributed by atoms with van der Waals surface area (Å²) in [5.74, 6) is -0.172. The molecule has 11 heteroatoms. The molecule has 0 atom stereocenters. The van der Waals surface area contributed by atoms with Crippen LogP contribution >= 0.6 is 34.5 Å². The van der Waals surface area contributed by atoms with E-state index in [9.17, 15) is 13.2 Å². The number of nitrogens with two attached hydrogens (primary N) is 1. The summed E-state index contributed by atoms with van der Waals surface area (Å²) in [7, 11) is -3.82. The van der Waals surface area contributed by atoms with Crippen LogP contribution in [0.15, 0.2) is 46.3 Å². The van der Waals surface area contributed by atoms with Gasteiger partial charge in [0, 0.05) is 11.6 Å². The lowest BCUT2D eigenvalue weighted by molar-refractivity contribution is -0.120. The average molecular weight is 474 g/mol. The van der Waals surface area contributed by atoms with Gasteiger partial charge >= 0.3 is 0 Å². The molecule has 1 aromatic heterocycles. The van der Waals surface area contributed by atoms with Gasteiger partial charge in [-0.3, -0.25) is 4.79 Å². The number of fused-ring (bicyclic) bond motifs is 1. The first kappa shape index (κ1) is 21.8. The van der Waals surface area contributed by atoms with E-state index >= 15 is 0 Å². The van der Waals surface area contributed by atoms with E-state index in [-0.39, 0.29) is 11.5 Å². The minimum atomic E-state index is -3.82. The molecule has 29 heavy (non-hydrogen) atoms. The number of hydrogen-bond acceptors (Lipinski definition) is 5. The van der Waals surface area contributed by atoms with Crippen molar-refractivity contribution in [1.29, 1.82) is 0 Å². The summed E-state index contributed by atoms with van der Waals surface area (Å²) < 4.78 is 31.2. The van der Waals surface area contributed by atoms with Crippen molar-refractivity contribution in [2.24, 2.45) is 10.1 Å². The summed E-state index contributed by atoms with van der Waals surface area (Å²) >= 11 is 13.1. The summed E-state index contributed by atoms with van der Waals surface area (Å²) in [6.45, 7) is 2.31. The van der Waals surface area contributed by atoms with Crippen LogP contribution in [0.2, 0.25) is 10.0 Å². The first-order valence-corrected chi connectivity index (χ1v) is 11.6. The fourth-order valence-electron chi connectivity index (χ4n) is 2.63. The second-order valence-corrected chi connectivity index (χ2v) is 9.49. The molecule has 0 bridgehead atoms. The molecule has 0 fully saturated rings. The molecule has 2 N–H and O–H groups in total. The number of carbonyl (C=O) groups excluding carboxylic acids is 1. The minimum absolute atomic E-state index is 0.00786.